The topological polar surface area (TPSA) is 52.7 Å². The molecule has 0 radical (unpaired) electrons. The third-order valence-corrected chi connectivity index (χ3v) is 5.23. The van der Waals surface area contributed by atoms with Crippen molar-refractivity contribution in [2.75, 3.05) is 13.1 Å². The zero-order chi connectivity index (χ0) is 14.8. The van der Waals surface area contributed by atoms with Crippen LogP contribution >= 0.6 is 0 Å². The number of carbonyl (C=O) groups excluding carboxylic acids is 2. The van der Waals surface area contributed by atoms with Crippen molar-refractivity contribution in [2.24, 2.45) is 0 Å². The van der Waals surface area contributed by atoms with Crippen molar-refractivity contribution in [1.29, 1.82) is 0 Å². The monoisotopic (exact) mass is 293 g/mol. The zero-order valence-electron chi connectivity index (χ0n) is 13.0. The van der Waals surface area contributed by atoms with Crippen LogP contribution in [-0.2, 0) is 4.79 Å². The number of nitrogens with one attached hydrogen (secondary N) is 1. The minimum absolute atomic E-state index is 0.0499. The van der Waals surface area contributed by atoms with E-state index in [2.05, 4.69) is 10.2 Å². The van der Waals surface area contributed by atoms with Gasteiger partial charge in [0.05, 0.1) is 0 Å². The van der Waals surface area contributed by atoms with Crippen LogP contribution in [0.2, 0.25) is 0 Å². The Bertz CT molecular complexity index is 392. The SMILES string of the molecule is CC(=O)NC1CC2CCCC(C1)N2C(=O)N1CCCCC1. The molecule has 3 aliphatic heterocycles. The highest BCUT2D eigenvalue weighted by molar-refractivity contribution is 5.76. The van der Waals surface area contributed by atoms with Gasteiger partial charge >= 0.3 is 6.03 Å². The number of urea groups is 1. The summed E-state index contributed by atoms with van der Waals surface area (Å²) in [4.78, 5) is 28.4. The largest absolute Gasteiger partial charge is 0.353 e. The first kappa shape index (κ1) is 14.7. The summed E-state index contributed by atoms with van der Waals surface area (Å²) in [6.45, 7) is 3.43. The fraction of sp³-hybridized carbons (Fsp3) is 0.875. The summed E-state index contributed by atoms with van der Waals surface area (Å²) in [5, 5.41) is 3.06. The van der Waals surface area contributed by atoms with E-state index in [-0.39, 0.29) is 18.0 Å². The molecule has 3 amide bonds. The first-order valence-corrected chi connectivity index (χ1v) is 8.49. The molecule has 2 atom stereocenters. The molecule has 0 aromatic rings. The van der Waals surface area contributed by atoms with E-state index < -0.39 is 0 Å². The molecule has 5 nitrogen and oxygen atoms in total. The molecule has 3 fully saturated rings. The summed E-state index contributed by atoms with van der Waals surface area (Å²) in [5.41, 5.74) is 0. The first-order valence-electron chi connectivity index (χ1n) is 8.49. The molecule has 0 aromatic carbocycles. The number of hydrogen-bond donors (Lipinski definition) is 1. The van der Waals surface area contributed by atoms with Crippen LogP contribution in [0.3, 0.4) is 0 Å². The van der Waals surface area contributed by atoms with Crippen LogP contribution in [0.1, 0.15) is 58.3 Å². The normalized spacial score (nSPS) is 32.7. The number of fused-ring (bicyclic) bond motifs is 2. The van der Waals surface area contributed by atoms with Crippen molar-refractivity contribution in [2.45, 2.75) is 76.4 Å². The van der Waals surface area contributed by atoms with Gasteiger partial charge in [0.15, 0.2) is 0 Å². The molecule has 0 spiro atoms. The lowest BCUT2D eigenvalue weighted by Gasteiger charge is -2.50. The Labute approximate surface area is 127 Å². The molecule has 21 heavy (non-hydrogen) atoms. The molecule has 1 N–H and O–H groups in total. The first-order chi connectivity index (χ1) is 10.1. The fourth-order valence-electron chi connectivity index (χ4n) is 4.35. The molecule has 2 bridgehead atoms. The van der Waals surface area contributed by atoms with Crippen molar-refractivity contribution in [1.82, 2.24) is 15.1 Å². The predicted molar refractivity (Wildman–Crippen MR) is 80.9 cm³/mol. The van der Waals surface area contributed by atoms with Gasteiger partial charge in [0.2, 0.25) is 5.91 Å². The van der Waals surface area contributed by atoms with Crippen LogP contribution in [0, 0.1) is 0 Å². The average Bonchev–Trinajstić information content (AvgIpc) is 2.46. The maximum Gasteiger partial charge on any atom is 0.320 e. The van der Waals surface area contributed by atoms with Gasteiger partial charge in [-0.05, 0) is 51.4 Å². The minimum Gasteiger partial charge on any atom is -0.353 e. The second kappa shape index (κ2) is 6.24. The van der Waals surface area contributed by atoms with Crippen LogP contribution < -0.4 is 5.32 Å². The van der Waals surface area contributed by atoms with E-state index in [9.17, 15) is 9.59 Å². The van der Waals surface area contributed by atoms with Crippen LogP contribution in [0.15, 0.2) is 0 Å². The summed E-state index contributed by atoms with van der Waals surface area (Å²) in [5.74, 6) is 0.0499. The number of hydrogen-bond acceptors (Lipinski definition) is 2. The summed E-state index contributed by atoms with van der Waals surface area (Å²) >= 11 is 0. The highest BCUT2D eigenvalue weighted by Crippen LogP contribution is 2.35. The van der Waals surface area contributed by atoms with Gasteiger partial charge < -0.3 is 15.1 Å². The maximum atomic E-state index is 12.9. The molecule has 0 saturated carbocycles. The number of piperidine rings is 3. The predicted octanol–water partition coefficient (Wildman–Crippen LogP) is 2.11. The Morgan fingerprint density at radius 3 is 2.14 bits per heavy atom. The molecule has 3 aliphatic rings. The molecule has 3 heterocycles. The number of rotatable bonds is 1. The number of amides is 3. The third kappa shape index (κ3) is 3.16. The summed E-state index contributed by atoms with van der Waals surface area (Å²) < 4.78 is 0. The van der Waals surface area contributed by atoms with Crippen LogP contribution in [0.4, 0.5) is 4.79 Å². The van der Waals surface area contributed by atoms with Crippen LogP contribution in [0.25, 0.3) is 0 Å². The second-order valence-electron chi connectivity index (χ2n) is 6.84. The molecule has 0 aromatic heterocycles. The smallest absolute Gasteiger partial charge is 0.320 e. The average molecular weight is 293 g/mol. The van der Waals surface area contributed by atoms with Crippen LogP contribution in [0.5, 0.6) is 0 Å². The van der Waals surface area contributed by atoms with E-state index in [1.54, 1.807) is 6.92 Å². The Morgan fingerprint density at radius 1 is 0.952 bits per heavy atom. The van der Waals surface area contributed by atoms with Gasteiger partial charge in [0.1, 0.15) is 0 Å². The summed E-state index contributed by atoms with van der Waals surface area (Å²) in [7, 11) is 0. The number of carbonyl (C=O) groups is 2. The van der Waals surface area contributed by atoms with E-state index >= 15 is 0 Å². The van der Waals surface area contributed by atoms with Crippen LogP contribution in [-0.4, -0.2) is 53.0 Å². The Balaban J connectivity index is 1.68. The van der Waals surface area contributed by atoms with Gasteiger partial charge in [0, 0.05) is 38.1 Å². The molecule has 0 aliphatic carbocycles. The van der Waals surface area contributed by atoms with Gasteiger partial charge in [-0.3, -0.25) is 4.79 Å². The standard InChI is InChI=1S/C16H27N3O2/c1-12(20)17-13-10-14-6-5-7-15(11-13)19(14)16(21)18-8-3-2-4-9-18/h13-15H,2-11H2,1H3,(H,17,20). The molecular formula is C16H27N3O2. The molecular weight excluding hydrogens is 266 g/mol. The van der Waals surface area contributed by atoms with Gasteiger partial charge in [-0.25, -0.2) is 4.79 Å². The summed E-state index contributed by atoms with van der Waals surface area (Å²) in [6, 6.07) is 1.15. The lowest BCUT2D eigenvalue weighted by Crippen LogP contribution is -2.61. The highest BCUT2D eigenvalue weighted by Gasteiger charge is 2.42. The van der Waals surface area contributed by atoms with E-state index in [0.717, 1.165) is 51.6 Å². The number of nitrogens with zero attached hydrogens (tertiary/aromatic N) is 2. The maximum absolute atomic E-state index is 12.9. The van der Waals surface area contributed by atoms with E-state index in [0.29, 0.717) is 12.1 Å². The van der Waals surface area contributed by atoms with Crippen molar-refractivity contribution >= 4 is 11.9 Å². The lowest BCUT2D eigenvalue weighted by atomic mass is 9.82. The quantitative estimate of drug-likeness (QED) is 0.805. The minimum atomic E-state index is 0.0499. The number of likely N-dealkylation sites (tertiary alicyclic amines) is 1. The molecule has 5 heteroatoms. The molecule has 2 unspecified atom stereocenters. The van der Waals surface area contributed by atoms with E-state index in [1.807, 2.05) is 4.90 Å². The fourth-order valence-corrected chi connectivity index (χ4v) is 4.35. The molecule has 3 rings (SSSR count). The Morgan fingerprint density at radius 2 is 1.57 bits per heavy atom. The van der Waals surface area contributed by atoms with E-state index in [1.165, 1.54) is 12.8 Å². The third-order valence-electron chi connectivity index (χ3n) is 5.23. The Kier molecular flexibility index (Phi) is 4.36. The van der Waals surface area contributed by atoms with Gasteiger partial charge in [-0.15, -0.1) is 0 Å². The van der Waals surface area contributed by atoms with Gasteiger partial charge in [-0.1, -0.05) is 0 Å². The van der Waals surface area contributed by atoms with Crippen molar-refractivity contribution in [3.8, 4) is 0 Å². The lowest BCUT2D eigenvalue weighted by molar-refractivity contribution is -0.120. The van der Waals surface area contributed by atoms with Crippen molar-refractivity contribution in [3.63, 3.8) is 0 Å². The van der Waals surface area contributed by atoms with Crippen molar-refractivity contribution in [3.05, 3.63) is 0 Å². The van der Waals surface area contributed by atoms with Gasteiger partial charge in [0.25, 0.3) is 0 Å². The van der Waals surface area contributed by atoms with Gasteiger partial charge in [-0.2, -0.15) is 0 Å². The zero-order valence-corrected chi connectivity index (χ0v) is 13.0. The Hall–Kier alpha value is -1.26. The molecule has 118 valence electrons. The van der Waals surface area contributed by atoms with Crippen molar-refractivity contribution < 1.29 is 9.59 Å². The summed E-state index contributed by atoms with van der Waals surface area (Å²) in [6.07, 6.45) is 8.78. The van der Waals surface area contributed by atoms with E-state index in [4.69, 9.17) is 0 Å². The second-order valence-corrected chi connectivity index (χ2v) is 6.84. The molecule has 3 saturated heterocycles. The highest BCUT2D eigenvalue weighted by atomic mass is 16.2.